The van der Waals surface area contributed by atoms with Gasteiger partial charge in [-0.25, -0.2) is 4.98 Å². The summed E-state index contributed by atoms with van der Waals surface area (Å²) in [7, 11) is 1.97. The van der Waals surface area contributed by atoms with Crippen LogP contribution in [0.15, 0.2) is 6.20 Å². The second-order valence-corrected chi connectivity index (χ2v) is 4.36. The first kappa shape index (κ1) is 9.68. The second kappa shape index (κ2) is 4.01. The Labute approximate surface area is 78.0 Å². The topological polar surface area (TPSA) is 24.9 Å². The molecule has 0 radical (unpaired) electrons. The number of rotatable bonds is 3. The highest BCUT2D eigenvalue weighted by atomic mass is 32.1. The van der Waals surface area contributed by atoms with E-state index in [1.54, 1.807) is 11.3 Å². The smallest absolute Gasteiger partial charge is 0.0953 e. The Morgan fingerprint density at radius 3 is 2.50 bits per heavy atom. The minimum Gasteiger partial charge on any atom is -0.312 e. The summed E-state index contributed by atoms with van der Waals surface area (Å²) in [6.45, 7) is 6.50. The quantitative estimate of drug-likeness (QED) is 0.781. The van der Waals surface area contributed by atoms with Crippen LogP contribution in [0, 0.1) is 0 Å². The zero-order valence-electron chi connectivity index (χ0n) is 8.09. The van der Waals surface area contributed by atoms with Crippen LogP contribution in [0.3, 0.4) is 0 Å². The predicted molar refractivity (Wildman–Crippen MR) is 53.7 cm³/mol. The lowest BCUT2D eigenvalue weighted by Gasteiger charge is -2.05. The fraction of sp³-hybridized carbons (Fsp3) is 0.667. The maximum Gasteiger partial charge on any atom is 0.0953 e. The van der Waals surface area contributed by atoms with Crippen LogP contribution < -0.4 is 5.32 Å². The molecule has 0 aliphatic heterocycles. The van der Waals surface area contributed by atoms with Crippen molar-refractivity contribution in [1.29, 1.82) is 0 Å². The van der Waals surface area contributed by atoms with Gasteiger partial charge in [-0.2, -0.15) is 0 Å². The molecule has 0 spiro atoms. The molecule has 0 bridgehead atoms. The number of hydrogen-bond acceptors (Lipinski definition) is 3. The van der Waals surface area contributed by atoms with E-state index in [0.29, 0.717) is 12.0 Å². The van der Waals surface area contributed by atoms with E-state index in [9.17, 15) is 0 Å². The molecular formula is C9H16N2S. The lowest BCUT2D eigenvalue weighted by Crippen LogP contribution is -2.10. The normalized spacial score (nSPS) is 13.8. The fourth-order valence-corrected chi connectivity index (χ4v) is 1.89. The zero-order valence-corrected chi connectivity index (χ0v) is 8.90. The molecule has 0 amide bonds. The van der Waals surface area contributed by atoms with Crippen LogP contribution >= 0.6 is 11.3 Å². The SMILES string of the molecule is CN[C@@H](C)c1cnc(C(C)C)s1. The van der Waals surface area contributed by atoms with Crippen LogP contribution in [0.4, 0.5) is 0 Å². The Bertz CT molecular complexity index is 242. The Morgan fingerprint density at radius 2 is 2.08 bits per heavy atom. The van der Waals surface area contributed by atoms with Gasteiger partial charge in [0.2, 0.25) is 0 Å². The van der Waals surface area contributed by atoms with Crippen LogP contribution in [0.1, 0.15) is 42.6 Å². The van der Waals surface area contributed by atoms with Crippen LogP contribution in [0.5, 0.6) is 0 Å². The van der Waals surface area contributed by atoms with Gasteiger partial charge in [-0.15, -0.1) is 11.3 Å². The van der Waals surface area contributed by atoms with Gasteiger partial charge >= 0.3 is 0 Å². The summed E-state index contributed by atoms with van der Waals surface area (Å²) in [6, 6.07) is 0.426. The first-order valence-electron chi connectivity index (χ1n) is 4.28. The number of thiazole rings is 1. The molecule has 1 heterocycles. The van der Waals surface area contributed by atoms with Crippen molar-refractivity contribution in [3.8, 4) is 0 Å². The molecule has 1 rings (SSSR count). The van der Waals surface area contributed by atoms with Gasteiger partial charge in [0, 0.05) is 23.0 Å². The van der Waals surface area contributed by atoms with Crippen molar-refractivity contribution in [3.63, 3.8) is 0 Å². The van der Waals surface area contributed by atoms with Gasteiger partial charge in [0.05, 0.1) is 5.01 Å². The molecule has 0 fully saturated rings. The van der Waals surface area contributed by atoms with Crippen molar-refractivity contribution in [3.05, 3.63) is 16.1 Å². The molecule has 1 N–H and O–H groups in total. The highest BCUT2D eigenvalue weighted by Gasteiger charge is 2.09. The van der Waals surface area contributed by atoms with E-state index < -0.39 is 0 Å². The molecule has 2 nitrogen and oxygen atoms in total. The van der Waals surface area contributed by atoms with Crippen LogP contribution in [-0.4, -0.2) is 12.0 Å². The molecule has 68 valence electrons. The molecule has 0 saturated heterocycles. The number of nitrogens with one attached hydrogen (secondary N) is 1. The molecular weight excluding hydrogens is 168 g/mol. The zero-order chi connectivity index (χ0) is 9.14. The summed E-state index contributed by atoms with van der Waals surface area (Å²) in [5.41, 5.74) is 0. The molecule has 3 heteroatoms. The fourth-order valence-electron chi connectivity index (χ4n) is 0.910. The minimum atomic E-state index is 0.426. The molecule has 0 unspecified atom stereocenters. The molecule has 0 aliphatic rings. The molecule has 1 aromatic rings. The van der Waals surface area contributed by atoms with Gasteiger partial charge in [0.15, 0.2) is 0 Å². The Balaban J connectivity index is 2.77. The average Bonchev–Trinajstić information content (AvgIpc) is 2.51. The van der Waals surface area contributed by atoms with E-state index in [1.165, 1.54) is 9.88 Å². The van der Waals surface area contributed by atoms with Crippen molar-refractivity contribution in [2.24, 2.45) is 0 Å². The maximum atomic E-state index is 4.36. The van der Waals surface area contributed by atoms with E-state index >= 15 is 0 Å². The minimum absolute atomic E-state index is 0.426. The van der Waals surface area contributed by atoms with Crippen molar-refractivity contribution in [1.82, 2.24) is 10.3 Å². The van der Waals surface area contributed by atoms with Gasteiger partial charge in [0.25, 0.3) is 0 Å². The number of hydrogen-bond donors (Lipinski definition) is 1. The molecule has 1 aromatic heterocycles. The van der Waals surface area contributed by atoms with Gasteiger partial charge in [-0.05, 0) is 14.0 Å². The van der Waals surface area contributed by atoms with Gasteiger partial charge < -0.3 is 5.32 Å². The average molecular weight is 184 g/mol. The van der Waals surface area contributed by atoms with Crippen LogP contribution in [-0.2, 0) is 0 Å². The summed E-state index contributed by atoms with van der Waals surface area (Å²) in [4.78, 5) is 5.68. The van der Waals surface area contributed by atoms with Crippen molar-refractivity contribution >= 4 is 11.3 Å². The first-order valence-corrected chi connectivity index (χ1v) is 5.09. The Kier molecular flexibility index (Phi) is 3.23. The lowest BCUT2D eigenvalue weighted by atomic mass is 10.2. The highest BCUT2D eigenvalue weighted by molar-refractivity contribution is 7.11. The summed E-state index contributed by atoms with van der Waals surface area (Å²) in [5, 5.41) is 4.43. The van der Waals surface area contributed by atoms with Gasteiger partial charge in [-0.1, -0.05) is 13.8 Å². The Hall–Kier alpha value is -0.410. The molecule has 0 aliphatic carbocycles. The van der Waals surface area contributed by atoms with E-state index in [2.05, 4.69) is 31.1 Å². The summed E-state index contributed by atoms with van der Waals surface area (Å²) < 4.78 is 0. The number of aromatic nitrogens is 1. The summed E-state index contributed by atoms with van der Waals surface area (Å²) in [6.07, 6.45) is 1.97. The monoisotopic (exact) mass is 184 g/mol. The third kappa shape index (κ3) is 2.05. The summed E-state index contributed by atoms with van der Waals surface area (Å²) >= 11 is 1.80. The molecule has 0 saturated carbocycles. The first-order chi connectivity index (χ1) is 5.65. The van der Waals surface area contributed by atoms with Gasteiger partial charge in [-0.3, -0.25) is 0 Å². The van der Waals surface area contributed by atoms with E-state index in [4.69, 9.17) is 0 Å². The van der Waals surface area contributed by atoms with Crippen LogP contribution in [0.25, 0.3) is 0 Å². The Morgan fingerprint density at radius 1 is 1.42 bits per heavy atom. The summed E-state index contributed by atoms with van der Waals surface area (Å²) in [5.74, 6) is 0.549. The molecule has 0 aromatic carbocycles. The third-order valence-corrected chi connectivity index (χ3v) is 3.38. The largest absolute Gasteiger partial charge is 0.312 e. The van der Waals surface area contributed by atoms with Crippen molar-refractivity contribution in [2.75, 3.05) is 7.05 Å². The van der Waals surface area contributed by atoms with E-state index in [1.807, 2.05) is 13.2 Å². The predicted octanol–water partition coefficient (Wildman–Crippen LogP) is 2.55. The standard InChI is InChI=1S/C9H16N2S/c1-6(2)9-11-5-8(12-9)7(3)10-4/h5-7,10H,1-4H3/t7-/m0/s1. The maximum absolute atomic E-state index is 4.36. The second-order valence-electron chi connectivity index (χ2n) is 3.27. The lowest BCUT2D eigenvalue weighted by molar-refractivity contribution is 0.662. The van der Waals surface area contributed by atoms with Crippen LogP contribution in [0.2, 0.25) is 0 Å². The van der Waals surface area contributed by atoms with E-state index in [-0.39, 0.29) is 0 Å². The van der Waals surface area contributed by atoms with Crippen molar-refractivity contribution in [2.45, 2.75) is 32.7 Å². The number of nitrogens with zero attached hydrogens (tertiary/aromatic N) is 1. The molecule has 12 heavy (non-hydrogen) atoms. The molecule has 1 atom stereocenters. The van der Waals surface area contributed by atoms with E-state index in [0.717, 1.165) is 0 Å². The van der Waals surface area contributed by atoms with Crippen molar-refractivity contribution < 1.29 is 0 Å². The van der Waals surface area contributed by atoms with Gasteiger partial charge in [0.1, 0.15) is 0 Å². The third-order valence-electron chi connectivity index (χ3n) is 1.90. The highest BCUT2D eigenvalue weighted by Crippen LogP contribution is 2.25.